The quantitative estimate of drug-likeness (QED) is 0.175. The Hall–Kier alpha value is -4.86. The SMILES string of the molecule is S=P1(c2ccc(N3c4ccccc4Oc4ccccc43)cc2)c2ccccc2S(c2ccccc2)(c2ccccc2)c2ccccc21. The van der Waals surface area contributed by atoms with E-state index in [1.54, 1.807) is 0 Å². The van der Waals surface area contributed by atoms with Crippen LogP contribution in [0, 0.1) is 0 Å². The highest BCUT2D eigenvalue weighted by molar-refractivity contribution is 8.36. The maximum atomic E-state index is 7.05. The van der Waals surface area contributed by atoms with Crippen LogP contribution in [0.3, 0.4) is 0 Å². The molecule has 2 nitrogen and oxygen atoms in total. The smallest absolute Gasteiger partial charge is 0.151 e. The highest BCUT2D eigenvalue weighted by Gasteiger charge is 2.46. The van der Waals surface area contributed by atoms with Crippen LogP contribution < -0.4 is 25.6 Å². The second kappa shape index (κ2) is 11.1. The van der Waals surface area contributed by atoms with Crippen molar-refractivity contribution >= 4 is 60.8 Å². The second-order valence-corrected chi connectivity index (χ2v) is 19.1. The van der Waals surface area contributed by atoms with Gasteiger partial charge in [-0.1, -0.05) is 121 Å². The van der Waals surface area contributed by atoms with Gasteiger partial charge in [0.25, 0.3) is 0 Å². The first-order chi connectivity index (χ1) is 23.2. The number of rotatable bonds is 4. The van der Waals surface area contributed by atoms with Crippen LogP contribution in [-0.2, 0) is 11.8 Å². The number of hydrogen-bond donors (Lipinski definition) is 0. The molecule has 0 spiro atoms. The van der Waals surface area contributed by atoms with Gasteiger partial charge in [-0.05, 0) is 78.1 Å². The molecule has 226 valence electrons. The number of para-hydroxylation sites is 4. The number of hydrogen-bond acceptors (Lipinski definition) is 3. The molecule has 0 amide bonds. The number of ether oxygens (including phenoxy) is 1. The van der Waals surface area contributed by atoms with Gasteiger partial charge in [-0.15, -0.1) is 10.0 Å². The largest absolute Gasteiger partial charge is 0.453 e. The van der Waals surface area contributed by atoms with Gasteiger partial charge < -0.3 is 9.64 Å². The van der Waals surface area contributed by atoms with E-state index in [0.717, 1.165) is 28.6 Å². The Labute approximate surface area is 282 Å². The monoisotopic (exact) mass is 659 g/mol. The Kier molecular flexibility index (Phi) is 6.72. The zero-order chi connectivity index (χ0) is 31.4. The molecule has 5 heteroatoms. The molecule has 0 N–H and O–H groups in total. The van der Waals surface area contributed by atoms with Crippen LogP contribution in [-0.4, -0.2) is 0 Å². The molecule has 0 aromatic heterocycles. The molecular weight excluding hydrogens is 630 g/mol. The first-order valence-corrected chi connectivity index (χ1v) is 20.1. The zero-order valence-electron chi connectivity index (χ0n) is 25.4. The summed E-state index contributed by atoms with van der Waals surface area (Å²) in [7, 11) is -1.81. The fraction of sp³-hybridized carbons (Fsp3) is 0. The lowest BCUT2D eigenvalue weighted by molar-refractivity contribution is 0.477. The molecular formula is C42H30NOPS2. The van der Waals surface area contributed by atoms with Crippen molar-refractivity contribution < 1.29 is 4.74 Å². The fourth-order valence-electron chi connectivity index (χ4n) is 7.17. The fourth-order valence-corrected chi connectivity index (χ4v) is 17.2. The summed E-state index contributed by atoms with van der Waals surface area (Å²) in [6.45, 7) is 0. The Bertz CT molecular complexity index is 2180. The molecule has 7 aromatic carbocycles. The van der Waals surface area contributed by atoms with Crippen LogP contribution in [0.15, 0.2) is 202 Å². The van der Waals surface area contributed by atoms with Crippen LogP contribution in [0.1, 0.15) is 0 Å². The summed E-state index contributed by atoms with van der Waals surface area (Å²) in [5, 5.41) is 3.76. The van der Waals surface area contributed by atoms with E-state index in [0.29, 0.717) is 0 Å². The van der Waals surface area contributed by atoms with Gasteiger partial charge in [-0.2, -0.15) is 0 Å². The lowest BCUT2D eigenvalue weighted by Crippen LogP contribution is -2.35. The molecule has 0 aliphatic carbocycles. The van der Waals surface area contributed by atoms with Crippen molar-refractivity contribution in [1.82, 2.24) is 0 Å². The van der Waals surface area contributed by atoms with Gasteiger partial charge >= 0.3 is 0 Å². The van der Waals surface area contributed by atoms with Gasteiger partial charge in [-0.3, -0.25) is 0 Å². The zero-order valence-corrected chi connectivity index (χ0v) is 28.0. The van der Waals surface area contributed by atoms with E-state index in [1.807, 2.05) is 24.3 Å². The summed E-state index contributed by atoms with van der Waals surface area (Å²) in [5.41, 5.74) is 3.12. The maximum Gasteiger partial charge on any atom is 0.151 e. The van der Waals surface area contributed by atoms with Crippen molar-refractivity contribution in [3.8, 4) is 11.5 Å². The molecule has 0 unspecified atom stereocenters. The van der Waals surface area contributed by atoms with Gasteiger partial charge in [0.1, 0.15) is 0 Å². The summed E-state index contributed by atoms with van der Waals surface area (Å²) < 4.78 is 6.28. The van der Waals surface area contributed by atoms with Gasteiger partial charge in [0, 0.05) is 41.9 Å². The average molecular weight is 660 g/mol. The molecule has 9 rings (SSSR count). The third-order valence-corrected chi connectivity index (χ3v) is 18.4. The van der Waals surface area contributed by atoms with Crippen LogP contribution in [0.4, 0.5) is 17.1 Å². The number of anilines is 3. The van der Waals surface area contributed by atoms with Crippen LogP contribution in [0.5, 0.6) is 11.5 Å². The van der Waals surface area contributed by atoms with E-state index in [1.165, 1.54) is 35.5 Å². The van der Waals surface area contributed by atoms with E-state index in [-0.39, 0.29) is 0 Å². The van der Waals surface area contributed by atoms with Gasteiger partial charge in [0.2, 0.25) is 0 Å². The predicted molar refractivity (Wildman–Crippen MR) is 201 cm³/mol. The Morgan fingerprint density at radius 3 is 1.38 bits per heavy atom. The standard InChI is InChI=1S/C42H30NOPS2/c46-45(32-29-27-31(28-30-32)43-35-19-7-9-21-37(35)44-38-22-10-8-20-36(38)43)39-23-11-13-25-41(39)47(33-15-3-1-4-16-33,34-17-5-2-6-18-34)42-26-14-12-24-40(42)45/h1-30H. The summed E-state index contributed by atoms with van der Waals surface area (Å²) in [6.07, 6.45) is 0. The third kappa shape index (κ3) is 4.16. The minimum Gasteiger partial charge on any atom is -0.453 e. The molecule has 0 bridgehead atoms. The number of nitrogens with zero attached hydrogens (tertiary/aromatic N) is 1. The maximum absolute atomic E-state index is 7.05. The Morgan fingerprint density at radius 1 is 0.447 bits per heavy atom. The van der Waals surface area contributed by atoms with Gasteiger partial charge in [-0.25, -0.2) is 0 Å². The number of fused-ring (bicyclic) bond motifs is 4. The number of benzene rings is 7. The lowest BCUT2D eigenvalue weighted by atomic mass is 10.1. The molecule has 0 fully saturated rings. The van der Waals surface area contributed by atoms with Crippen molar-refractivity contribution in [3.63, 3.8) is 0 Å². The molecule has 47 heavy (non-hydrogen) atoms. The van der Waals surface area contributed by atoms with E-state index in [2.05, 4.69) is 163 Å². The molecule has 2 aliphatic heterocycles. The molecule has 7 aromatic rings. The van der Waals surface area contributed by atoms with Crippen molar-refractivity contribution in [2.45, 2.75) is 19.6 Å². The van der Waals surface area contributed by atoms with Crippen molar-refractivity contribution in [1.29, 1.82) is 0 Å². The van der Waals surface area contributed by atoms with Crippen LogP contribution in [0.2, 0.25) is 0 Å². The normalized spacial score (nSPS) is 15.6. The van der Waals surface area contributed by atoms with Crippen molar-refractivity contribution in [2.24, 2.45) is 0 Å². The first-order valence-electron chi connectivity index (χ1n) is 15.7. The van der Waals surface area contributed by atoms with Crippen molar-refractivity contribution in [2.75, 3.05) is 4.90 Å². The van der Waals surface area contributed by atoms with E-state index in [4.69, 9.17) is 16.5 Å². The molecule has 2 aliphatic rings. The Morgan fingerprint density at radius 2 is 0.872 bits per heavy atom. The topological polar surface area (TPSA) is 12.5 Å². The summed E-state index contributed by atoms with van der Waals surface area (Å²) in [5.74, 6) is 1.69. The van der Waals surface area contributed by atoms with E-state index in [9.17, 15) is 0 Å². The Balaban J connectivity index is 1.27. The molecule has 2 heterocycles. The highest BCUT2D eigenvalue weighted by atomic mass is 32.4. The third-order valence-electron chi connectivity index (χ3n) is 9.17. The average Bonchev–Trinajstić information content (AvgIpc) is 3.15. The molecule has 0 saturated carbocycles. The van der Waals surface area contributed by atoms with E-state index >= 15 is 0 Å². The minimum absolute atomic E-state index is 0.846. The second-order valence-electron chi connectivity index (χ2n) is 11.7. The highest BCUT2D eigenvalue weighted by Crippen LogP contribution is 2.77. The summed E-state index contributed by atoms with van der Waals surface area (Å²) >= 11 is 7.05. The summed E-state index contributed by atoms with van der Waals surface area (Å²) in [6, 6.07) is 63.2. The lowest BCUT2D eigenvalue weighted by Gasteiger charge is -2.49. The predicted octanol–water partition coefficient (Wildman–Crippen LogP) is 10.7. The van der Waals surface area contributed by atoms with Gasteiger partial charge in [0.05, 0.1) is 11.4 Å². The minimum atomic E-state index is -2.45. The molecule has 0 atom stereocenters. The van der Waals surface area contributed by atoms with Gasteiger partial charge in [0.15, 0.2) is 11.5 Å². The van der Waals surface area contributed by atoms with Crippen LogP contribution in [0.25, 0.3) is 0 Å². The first kappa shape index (κ1) is 28.4. The summed E-state index contributed by atoms with van der Waals surface area (Å²) in [4.78, 5) is 7.63. The molecule has 0 saturated heterocycles. The molecule has 0 radical (unpaired) electrons. The van der Waals surface area contributed by atoms with E-state index < -0.39 is 16.1 Å². The van der Waals surface area contributed by atoms with Crippen LogP contribution >= 0.6 is 16.1 Å². The van der Waals surface area contributed by atoms with Crippen molar-refractivity contribution in [3.05, 3.63) is 182 Å².